The summed E-state index contributed by atoms with van der Waals surface area (Å²) in [7, 11) is 0. The summed E-state index contributed by atoms with van der Waals surface area (Å²) in [6, 6.07) is 6.10. The van der Waals surface area contributed by atoms with Gasteiger partial charge in [-0.05, 0) is 25.5 Å². The molecule has 0 fully saturated rings. The molecule has 0 spiro atoms. The fourth-order valence-electron chi connectivity index (χ4n) is 2.83. The van der Waals surface area contributed by atoms with Crippen molar-refractivity contribution in [3.8, 4) is 18.2 Å². The second-order valence-corrected chi connectivity index (χ2v) is 5.80. The number of hydrogen-bond donors (Lipinski definition) is 0. The van der Waals surface area contributed by atoms with Crippen molar-refractivity contribution in [3.63, 3.8) is 0 Å². The lowest BCUT2D eigenvalue weighted by Gasteiger charge is -2.36. The highest BCUT2D eigenvalue weighted by atomic mass is 16.5. The van der Waals surface area contributed by atoms with E-state index in [1.807, 2.05) is 26.0 Å². The number of allylic oxidation sites excluding steroid dienone is 3. The van der Waals surface area contributed by atoms with Crippen LogP contribution in [-0.2, 0) is 9.53 Å². The number of nitriles is 3. The molecule has 0 radical (unpaired) electrons. The first-order valence-electron chi connectivity index (χ1n) is 7.09. The molecule has 0 saturated heterocycles. The minimum Gasteiger partial charge on any atom is -0.499 e. The van der Waals surface area contributed by atoms with Gasteiger partial charge in [-0.1, -0.05) is 19.9 Å². The van der Waals surface area contributed by atoms with Crippen LogP contribution in [-0.4, -0.2) is 12.4 Å². The molecular weight excluding hydrogens is 278 g/mol. The number of aldehydes is 1. The molecule has 1 aliphatic carbocycles. The standard InChI is InChI=1S/C17H19N3O2/c1-12(2)22-6-5-13(3)16(9-18)7-15(8-21)14(4)17(16,10-19)11-20/h5-8,12-14H,1-4H3. The molecule has 0 amide bonds. The van der Waals surface area contributed by atoms with E-state index in [0.29, 0.717) is 11.9 Å². The number of carbonyl (C=O) groups is 1. The Morgan fingerprint density at radius 3 is 2.23 bits per heavy atom. The highest BCUT2D eigenvalue weighted by Gasteiger charge is 2.62. The average Bonchev–Trinajstić information content (AvgIpc) is 2.76. The van der Waals surface area contributed by atoms with Crippen LogP contribution in [0.25, 0.3) is 0 Å². The third kappa shape index (κ3) is 2.38. The lowest BCUT2D eigenvalue weighted by Crippen LogP contribution is -2.42. The molecule has 1 rings (SSSR count). The van der Waals surface area contributed by atoms with E-state index in [9.17, 15) is 20.6 Å². The van der Waals surface area contributed by atoms with Crippen molar-refractivity contribution < 1.29 is 9.53 Å². The van der Waals surface area contributed by atoms with E-state index in [0.717, 1.165) is 0 Å². The van der Waals surface area contributed by atoms with Gasteiger partial charge in [-0.3, -0.25) is 4.79 Å². The number of ether oxygens (including phenoxy) is 1. The summed E-state index contributed by atoms with van der Waals surface area (Å²) in [6.07, 6.45) is 5.21. The predicted molar refractivity (Wildman–Crippen MR) is 79.5 cm³/mol. The van der Waals surface area contributed by atoms with E-state index in [1.54, 1.807) is 19.9 Å². The molecule has 22 heavy (non-hydrogen) atoms. The maximum Gasteiger partial charge on any atom is 0.172 e. The van der Waals surface area contributed by atoms with Crippen LogP contribution < -0.4 is 0 Å². The van der Waals surface area contributed by atoms with Gasteiger partial charge in [-0.15, -0.1) is 0 Å². The second-order valence-electron chi connectivity index (χ2n) is 5.80. The molecule has 114 valence electrons. The fraction of sp³-hybridized carbons (Fsp3) is 0.529. The second kappa shape index (κ2) is 6.46. The van der Waals surface area contributed by atoms with Crippen molar-refractivity contribution >= 4 is 6.29 Å². The van der Waals surface area contributed by atoms with Gasteiger partial charge in [0.15, 0.2) is 5.41 Å². The zero-order chi connectivity index (χ0) is 17.0. The van der Waals surface area contributed by atoms with Gasteiger partial charge in [0.2, 0.25) is 0 Å². The smallest absolute Gasteiger partial charge is 0.172 e. The van der Waals surface area contributed by atoms with Crippen LogP contribution in [0.2, 0.25) is 0 Å². The predicted octanol–water partition coefficient (Wildman–Crippen LogP) is 2.88. The Labute approximate surface area is 131 Å². The Hall–Kier alpha value is -2.58. The van der Waals surface area contributed by atoms with E-state index >= 15 is 0 Å². The van der Waals surface area contributed by atoms with Crippen molar-refractivity contribution in [1.29, 1.82) is 15.8 Å². The number of rotatable bonds is 5. The largest absolute Gasteiger partial charge is 0.499 e. The molecule has 5 nitrogen and oxygen atoms in total. The first-order chi connectivity index (χ1) is 10.3. The van der Waals surface area contributed by atoms with Crippen molar-refractivity contribution in [2.45, 2.75) is 33.8 Å². The first kappa shape index (κ1) is 17.5. The molecule has 3 atom stereocenters. The van der Waals surface area contributed by atoms with Gasteiger partial charge in [0.1, 0.15) is 11.7 Å². The summed E-state index contributed by atoms with van der Waals surface area (Å²) in [5.74, 6) is -1.09. The number of hydrogen-bond acceptors (Lipinski definition) is 5. The Balaban J connectivity index is 3.41. The fourth-order valence-corrected chi connectivity index (χ4v) is 2.83. The monoisotopic (exact) mass is 297 g/mol. The lowest BCUT2D eigenvalue weighted by molar-refractivity contribution is -0.105. The van der Waals surface area contributed by atoms with Gasteiger partial charge >= 0.3 is 0 Å². The van der Waals surface area contributed by atoms with Gasteiger partial charge in [-0.2, -0.15) is 15.8 Å². The molecule has 0 aromatic heterocycles. The van der Waals surface area contributed by atoms with E-state index in [-0.39, 0.29) is 6.10 Å². The lowest BCUT2D eigenvalue weighted by atomic mass is 9.58. The number of nitrogens with zero attached hydrogens (tertiary/aromatic N) is 3. The normalized spacial score (nSPS) is 27.5. The van der Waals surface area contributed by atoms with Crippen molar-refractivity contribution in [3.05, 3.63) is 24.0 Å². The first-order valence-corrected chi connectivity index (χ1v) is 7.09. The van der Waals surface area contributed by atoms with Gasteiger partial charge in [0.25, 0.3) is 0 Å². The molecule has 0 saturated carbocycles. The van der Waals surface area contributed by atoms with Gasteiger partial charge in [-0.25, -0.2) is 0 Å². The van der Waals surface area contributed by atoms with Gasteiger partial charge < -0.3 is 4.74 Å². The zero-order valence-corrected chi connectivity index (χ0v) is 13.2. The van der Waals surface area contributed by atoms with Crippen LogP contribution in [0.4, 0.5) is 0 Å². The Morgan fingerprint density at radius 1 is 1.23 bits per heavy atom. The van der Waals surface area contributed by atoms with Gasteiger partial charge in [0, 0.05) is 11.8 Å². The Bertz CT molecular complexity index is 614. The van der Waals surface area contributed by atoms with Crippen LogP contribution in [0.1, 0.15) is 27.7 Å². The van der Waals surface area contributed by atoms with Crippen LogP contribution >= 0.6 is 0 Å². The van der Waals surface area contributed by atoms with Crippen molar-refractivity contribution in [2.75, 3.05) is 0 Å². The summed E-state index contributed by atoms with van der Waals surface area (Å²) in [5.41, 5.74) is -2.67. The Kier molecular flexibility index (Phi) is 5.13. The Morgan fingerprint density at radius 2 is 1.82 bits per heavy atom. The molecular formula is C17H19N3O2. The van der Waals surface area contributed by atoms with Crippen LogP contribution in [0.5, 0.6) is 0 Å². The maximum absolute atomic E-state index is 11.2. The zero-order valence-electron chi connectivity index (χ0n) is 13.2. The topological polar surface area (TPSA) is 97.7 Å². The summed E-state index contributed by atoms with van der Waals surface area (Å²) >= 11 is 0. The highest BCUT2D eigenvalue weighted by Crippen LogP contribution is 2.57. The maximum atomic E-state index is 11.2. The van der Waals surface area contributed by atoms with E-state index < -0.39 is 22.7 Å². The molecule has 0 aromatic carbocycles. The minimum absolute atomic E-state index is 0.0123. The summed E-state index contributed by atoms with van der Waals surface area (Å²) < 4.78 is 5.33. The van der Waals surface area contributed by atoms with E-state index in [1.165, 1.54) is 12.3 Å². The van der Waals surface area contributed by atoms with Crippen LogP contribution in [0, 0.1) is 56.7 Å². The minimum atomic E-state index is -1.60. The van der Waals surface area contributed by atoms with Crippen LogP contribution in [0.3, 0.4) is 0 Å². The highest BCUT2D eigenvalue weighted by molar-refractivity contribution is 5.77. The summed E-state index contributed by atoms with van der Waals surface area (Å²) in [4.78, 5) is 11.2. The average molecular weight is 297 g/mol. The quantitative estimate of drug-likeness (QED) is 0.574. The van der Waals surface area contributed by atoms with E-state index in [4.69, 9.17) is 4.74 Å². The molecule has 0 bridgehead atoms. The molecule has 0 aromatic rings. The molecule has 5 heteroatoms. The molecule has 0 heterocycles. The SMILES string of the molecule is CC(C)OC=CC(C)C1(C#N)C=C(C=O)C(C)C1(C#N)C#N. The summed E-state index contributed by atoms with van der Waals surface area (Å²) in [5, 5.41) is 28.9. The van der Waals surface area contributed by atoms with Crippen molar-refractivity contribution in [2.24, 2.45) is 22.7 Å². The number of carbonyl (C=O) groups excluding carboxylic acids is 1. The molecule has 3 unspecified atom stereocenters. The molecule has 1 aliphatic rings. The third-order valence-corrected chi connectivity index (χ3v) is 4.31. The van der Waals surface area contributed by atoms with Crippen LogP contribution in [0.15, 0.2) is 24.0 Å². The van der Waals surface area contributed by atoms with Gasteiger partial charge in [0.05, 0.1) is 30.6 Å². The summed E-state index contributed by atoms with van der Waals surface area (Å²) in [6.45, 7) is 7.11. The molecule has 0 N–H and O–H groups in total. The van der Waals surface area contributed by atoms with E-state index in [2.05, 4.69) is 6.07 Å². The van der Waals surface area contributed by atoms with Crippen molar-refractivity contribution in [1.82, 2.24) is 0 Å². The molecule has 0 aliphatic heterocycles. The third-order valence-electron chi connectivity index (χ3n) is 4.31.